The summed E-state index contributed by atoms with van der Waals surface area (Å²) >= 11 is 0. The fourth-order valence-electron chi connectivity index (χ4n) is 3.99. The Balaban J connectivity index is 1.39. The van der Waals surface area contributed by atoms with Crippen LogP contribution in [0.4, 0.5) is 0 Å². The number of hydrogen-bond acceptors (Lipinski definition) is 5. The summed E-state index contributed by atoms with van der Waals surface area (Å²) in [7, 11) is -3.31. The first-order chi connectivity index (χ1) is 17.2. The molecule has 1 aliphatic rings. The highest BCUT2D eigenvalue weighted by molar-refractivity contribution is 7.93. The van der Waals surface area contributed by atoms with Crippen LogP contribution < -0.4 is 16.0 Å². The van der Waals surface area contributed by atoms with Crippen LogP contribution in [-0.2, 0) is 31.5 Å². The molecule has 0 bridgehead atoms. The Morgan fingerprint density at radius 2 is 1.56 bits per heavy atom. The second-order valence-electron chi connectivity index (χ2n) is 8.85. The third-order valence-corrected chi connectivity index (χ3v) is 6.72. The Labute approximate surface area is 209 Å². The van der Waals surface area contributed by atoms with Crippen LogP contribution in [0.25, 0.3) is 10.8 Å². The maximum atomic E-state index is 13.2. The molecular weight excluding hydrogens is 478 g/mol. The van der Waals surface area contributed by atoms with Gasteiger partial charge in [0.1, 0.15) is 0 Å². The van der Waals surface area contributed by atoms with E-state index in [1.165, 1.54) is 6.08 Å². The molecule has 8 nitrogen and oxygen atoms in total. The summed E-state index contributed by atoms with van der Waals surface area (Å²) in [5, 5.41) is 11.2. The minimum absolute atomic E-state index is 0.0159. The zero-order chi connectivity index (χ0) is 25.8. The van der Waals surface area contributed by atoms with E-state index in [2.05, 4.69) is 34.1 Å². The van der Waals surface area contributed by atoms with E-state index in [1.807, 2.05) is 24.3 Å². The molecule has 1 saturated carbocycles. The van der Waals surface area contributed by atoms with Gasteiger partial charge in [0.25, 0.3) is 5.91 Å². The Morgan fingerprint density at radius 1 is 0.889 bits per heavy atom. The molecule has 0 saturated heterocycles. The lowest BCUT2D eigenvalue weighted by molar-refractivity contribution is -0.139. The van der Waals surface area contributed by atoms with Gasteiger partial charge in [-0.3, -0.25) is 14.4 Å². The molecule has 0 heterocycles. The molecule has 1 aliphatic carbocycles. The average Bonchev–Trinajstić information content (AvgIpc) is 3.64. The lowest BCUT2D eigenvalue weighted by atomic mass is 9.99. The molecule has 186 valence electrons. The van der Waals surface area contributed by atoms with Crippen LogP contribution in [0.15, 0.2) is 78.2 Å². The van der Waals surface area contributed by atoms with Crippen molar-refractivity contribution in [1.29, 1.82) is 0 Å². The minimum Gasteiger partial charge on any atom is -0.344 e. The Bertz CT molecular complexity index is 1460. The van der Waals surface area contributed by atoms with Crippen LogP contribution in [0.2, 0.25) is 0 Å². The molecule has 3 N–H and O–H groups in total. The summed E-state index contributed by atoms with van der Waals surface area (Å²) in [4.78, 5) is 37.4. The number of rotatable bonds is 8. The van der Waals surface area contributed by atoms with E-state index >= 15 is 0 Å². The van der Waals surface area contributed by atoms with Gasteiger partial charge in [0.05, 0.1) is 5.54 Å². The summed E-state index contributed by atoms with van der Waals surface area (Å²) in [5.74, 6) is -2.03. The van der Waals surface area contributed by atoms with Crippen molar-refractivity contribution in [3.05, 3.63) is 94.9 Å². The predicted molar refractivity (Wildman–Crippen MR) is 138 cm³/mol. The number of amides is 3. The van der Waals surface area contributed by atoms with E-state index in [1.54, 1.807) is 24.3 Å². The van der Waals surface area contributed by atoms with E-state index in [0.29, 0.717) is 11.1 Å². The smallest absolute Gasteiger partial charge is 0.309 e. The van der Waals surface area contributed by atoms with Crippen molar-refractivity contribution < 1.29 is 22.8 Å². The lowest BCUT2D eigenvalue weighted by Crippen LogP contribution is -2.40. The molecule has 0 radical (unpaired) electrons. The molecule has 0 aliphatic heterocycles. The summed E-state index contributed by atoms with van der Waals surface area (Å²) < 4.78 is 22.1. The Hall–Kier alpha value is -3.98. The third-order valence-electron chi connectivity index (χ3n) is 6.04. The highest BCUT2D eigenvalue weighted by atomic mass is 32.2. The molecule has 0 aromatic heterocycles. The van der Waals surface area contributed by atoms with E-state index in [0.717, 1.165) is 40.8 Å². The summed E-state index contributed by atoms with van der Waals surface area (Å²) in [6, 6.07) is 21.2. The van der Waals surface area contributed by atoms with Crippen molar-refractivity contribution in [3.63, 3.8) is 0 Å². The van der Waals surface area contributed by atoms with Gasteiger partial charge in [0.2, 0.25) is 0 Å². The standard InChI is InChI=1S/C27H27N3O5S/c1-36(34,35)16-6-15-28-25(32)26(33)29-18-21-9-4-5-10-23(21)24(31)30-27(13-14-27)22-12-11-19-7-2-3-8-20(19)17-22/h2-12,16-17H,13-15,18H2,1H3,(H,28,32)(H,29,33)(H,30,31)/b16-6+. The SMILES string of the molecule is CS(=O)(=O)/C=C/CNC(=O)C(=O)NCc1ccccc1C(=O)NC1(c2ccc3ccccc3c2)CC1. The predicted octanol–water partition coefficient (Wildman–Crippen LogP) is 2.55. The van der Waals surface area contributed by atoms with Gasteiger partial charge in [-0.1, -0.05) is 60.7 Å². The fraction of sp³-hybridized carbons (Fsp3) is 0.222. The molecule has 0 unspecified atom stereocenters. The van der Waals surface area contributed by atoms with Crippen molar-refractivity contribution in [3.8, 4) is 0 Å². The number of benzene rings is 3. The number of hydrogen-bond donors (Lipinski definition) is 3. The number of fused-ring (bicyclic) bond motifs is 1. The fourth-order valence-corrected chi connectivity index (χ4v) is 4.43. The molecule has 3 aromatic carbocycles. The monoisotopic (exact) mass is 505 g/mol. The molecule has 3 amide bonds. The first kappa shape index (κ1) is 25.1. The van der Waals surface area contributed by atoms with Crippen LogP contribution in [0.3, 0.4) is 0 Å². The zero-order valence-electron chi connectivity index (χ0n) is 19.8. The summed E-state index contributed by atoms with van der Waals surface area (Å²) in [6.07, 6.45) is 3.94. The van der Waals surface area contributed by atoms with Crippen LogP contribution in [0.1, 0.15) is 34.3 Å². The van der Waals surface area contributed by atoms with Gasteiger partial charge in [-0.05, 0) is 46.9 Å². The lowest BCUT2D eigenvalue weighted by Gasteiger charge is -2.20. The maximum Gasteiger partial charge on any atom is 0.309 e. The van der Waals surface area contributed by atoms with Gasteiger partial charge in [0.15, 0.2) is 9.84 Å². The molecule has 36 heavy (non-hydrogen) atoms. The van der Waals surface area contributed by atoms with E-state index in [4.69, 9.17) is 0 Å². The van der Waals surface area contributed by atoms with Gasteiger partial charge < -0.3 is 16.0 Å². The second-order valence-corrected chi connectivity index (χ2v) is 10.8. The average molecular weight is 506 g/mol. The Morgan fingerprint density at radius 3 is 2.28 bits per heavy atom. The van der Waals surface area contributed by atoms with Crippen LogP contribution in [-0.4, -0.2) is 38.9 Å². The number of carbonyl (C=O) groups is 3. The molecule has 0 atom stereocenters. The van der Waals surface area contributed by atoms with E-state index < -0.39 is 27.2 Å². The topological polar surface area (TPSA) is 121 Å². The van der Waals surface area contributed by atoms with Crippen LogP contribution in [0.5, 0.6) is 0 Å². The van der Waals surface area contributed by atoms with Crippen LogP contribution in [0, 0.1) is 0 Å². The van der Waals surface area contributed by atoms with Gasteiger partial charge in [0, 0.05) is 30.3 Å². The van der Waals surface area contributed by atoms with E-state index in [-0.39, 0.29) is 19.0 Å². The molecule has 1 fully saturated rings. The normalized spacial score (nSPS) is 14.4. The molecule has 3 aromatic rings. The highest BCUT2D eigenvalue weighted by Gasteiger charge is 2.46. The summed E-state index contributed by atoms with van der Waals surface area (Å²) in [6.45, 7) is -0.118. The molecule has 9 heteroatoms. The van der Waals surface area contributed by atoms with Gasteiger partial charge >= 0.3 is 11.8 Å². The number of sulfone groups is 1. The molecule has 0 spiro atoms. The summed E-state index contributed by atoms with van der Waals surface area (Å²) in [5.41, 5.74) is 1.63. The van der Waals surface area contributed by atoms with Gasteiger partial charge in [-0.25, -0.2) is 8.42 Å². The minimum atomic E-state index is -3.31. The van der Waals surface area contributed by atoms with E-state index in [9.17, 15) is 22.8 Å². The molecule has 4 rings (SSSR count). The largest absolute Gasteiger partial charge is 0.344 e. The third kappa shape index (κ3) is 6.17. The second kappa shape index (κ2) is 10.3. The number of nitrogens with one attached hydrogen (secondary N) is 3. The quantitative estimate of drug-likeness (QED) is 0.406. The maximum absolute atomic E-state index is 13.2. The van der Waals surface area contributed by atoms with Crippen molar-refractivity contribution in [2.75, 3.05) is 12.8 Å². The first-order valence-corrected chi connectivity index (χ1v) is 13.4. The van der Waals surface area contributed by atoms with Gasteiger partial charge in [-0.2, -0.15) is 0 Å². The number of carbonyl (C=O) groups excluding carboxylic acids is 3. The molecular formula is C27H27N3O5S. The zero-order valence-corrected chi connectivity index (χ0v) is 20.6. The van der Waals surface area contributed by atoms with Crippen LogP contribution >= 0.6 is 0 Å². The van der Waals surface area contributed by atoms with Crippen molar-refractivity contribution in [1.82, 2.24) is 16.0 Å². The first-order valence-electron chi connectivity index (χ1n) is 11.5. The van der Waals surface area contributed by atoms with Gasteiger partial charge in [-0.15, -0.1) is 0 Å². The van der Waals surface area contributed by atoms with Crippen molar-refractivity contribution >= 4 is 38.3 Å². The van der Waals surface area contributed by atoms with Crippen molar-refractivity contribution in [2.45, 2.75) is 24.9 Å². The van der Waals surface area contributed by atoms with Crippen molar-refractivity contribution in [2.24, 2.45) is 0 Å². The highest BCUT2D eigenvalue weighted by Crippen LogP contribution is 2.46. The Kier molecular flexibility index (Phi) is 7.21.